The molecule has 23 heavy (non-hydrogen) atoms. The molecule has 0 radical (unpaired) electrons. The predicted molar refractivity (Wildman–Crippen MR) is 91.1 cm³/mol. The van der Waals surface area contributed by atoms with Crippen LogP contribution in [0.25, 0.3) is 0 Å². The van der Waals surface area contributed by atoms with E-state index in [0.29, 0.717) is 11.4 Å². The molecule has 0 aliphatic carbocycles. The average molecular weight is 325 g/mol. The zero-order valence-corrected chi connectivity index (χ0v) is 13.5. The lowest BCUT2D eigenvalue weighted by Crippen LogP contribution is -2.29. The lowest BCUT2D eigenvalue weighted by molar-refractivity contribution is -0.133. The van der Waals surface area contributed by atoms with E-state index in [1.54, 1.807) is 30.3 Å². The number of hydrogen-bond acceptors (Lipinski definition) is 4. The number of hydrogen-bond donors (Lipinski definition) is 2. The van der Waals surface area contributed by atoms with Crippen LogP contribution in [0.2, 0.25) is 0 Å². The molecule has 0 bridgehead atoms. The van der Waals surface area contributed by atoms with Gasteiger partial charge in [-0.25, -0.2) is 0 Å². The molecule has 0 aliphatic rings. The molecule has 2 aromatic rings. The third-order valence-electron chi connectivity index (χ3n) is 3.11. The molecule has 2 rings (SSSR count). The number of rotatable bonds is 3. The van der Waals surface area contributed by atoms with Crippen LogP contribution in [0.5, 0.6) is 0 Å². The summed E-state index contributed by atoms with van der Waals surface area (Å²) < 4.78 is 0. The molecule has 0 spiro atoms. The Labute approximate surface area is 138 Å². The van der Waals surface area contributed by atoms with Crippen molar-refractivity contribution in [3.8, 4) is 5.40 Å². The van der Waals surface area contributed by atoms with Gasteiger partial charge in [-0.1, -0.05) is 17.7 Å². The van der Waals surface area contributed by atoms with Gasteiger partial charge >= 0.3 is 11.8 Å². The van der Waals surface area contributed by atoms with E-state index in [2.05, 4.69) is 10.6 Å². The molecule has 0 saturated heterocycles. The summed E-state index contributed by atoms with van der Waals surface area (Å²) in [4.78, 5) is 24.6. The zero-order valence-electron chi connectivity index (χ0n) is 12.7. The van der Waals surface area contributed by atoms with E-state index in [9.17, 15) is 9.59 Å². The topological polar surface area (TPSA) is 82.0 Å². The van der Waals surface area contributed by atoms with Crippen molar-refractivity contribution in [3.05, 3.63) is 53.6 Å². The summed E-state index contributed by atoms with van der Waals surface area (Å²) in [6.45, 7) is 3.83. The van der Waals surface area contributed by atoms with Gasteiger partial charge in [0, 0.05) is 16.3 Å². The summed E-state index contributed by atoms with van der Waals surface area (Å²) >= 11 is 1.03. The zero-order chi connectivity index (χ0) is 16.8. The van der Waals surface area contributed by atoms with Gasteiger partial charge in [0.15, 0.2) is 0 Å². The Kier molecular flexibility index (Phi) is 5.39. The Morgan fingerprint density at radius 1 is 1.00 bits per heavy atom. The number of thioether (sulfide) groups is 1. The quantitative estimate of drug-likeness (QED) is 0.514. The first-order chi connectivity index (χ1) is 11.0. The minimum absolute atomic E-state index is 0.494. The summed E-state index contributed by atoms with van der Waals surface area (Å²) in [6, 6.07) is 12.2. The molecule has 0 fully saturated rings. The van der Waals surface area contributed by atoms with E-state index in [4.69, 9.17) is 5.26 Å². The van der Waals surface area contributed by atoms with Crippen molar-refractivity contribution in [1.29, 1.82) is 5.26 Å². The van der Waals surface area contributed by atoms with Gasteiger partial charge in [0.1, 0.15) is 5.40 Å². The third-order valence-corrected chi connectivity index (χ3v) is 3.71. The van der Waals surface area contributed by atoms with Crippen LogP contribution >= 0.6 is 11.8 Å². The van der Waals surface area contributed by atoms with Gasteiger partial charge in [-0.2, -0.15) is 5.26 Å². The average Bonchev–Trinajstić information content (AvgIpc) is 2.52. The van der Waals surface area contributed by atoms with Crippen LogP contribution in [0.4, 0.5) is 11.4 Å². The second-order valence-corrected chi connectivity index (χ2v) is 5.80. The molecule has 0 unspecified atom stereocenters. The van der Waals surface area contributed by atoms with Gasteiger partial charge in [-0.15, -0.1) is 0 Å². The SMILES string of the molecule is Cc1ccc(NC(=O)C(=O)Nc2ccc(SC#N)cc2)c(C)c1. The molecule has 2 N–H and O–H groups in total. The Morgan fingerprint density at radius 3 is 2.26 bits per heavy atom. The number of anilines is 2. The number of thiocyanates is 1. The van der Waals surface area contributed by atoms with E-state index in [1.807, 2.05) is 31.4 Å². The standard InChI is InChI=1S/C17H15N3O2S/c1-11-3-8-15(12(2)9-11)20-17(22)16(21)19-13-4-6-14(7-5-13)23-10-18/h3-9H,1-2H3,(H,19,21)(H,20,22). The fourth-order valence-corrected chi connectivity index (χ4v) is 2.36. The monoisotopic (exact) mass is 325 g/mol. The number of carbonyl (C=O) groups is 2. The Hall–Kier alpha value is -2.78. The summed E-state index contributed by atoms with van der Waals surface area (Å²) in [5.74, 6) is -1.47. The molecule has 0 atom stereocenters. The highest BCUT2D eigenvalue weighted by molar-refractivity contribution is 8.03. The number of carbonyl (C=O) groups excluding carboxylic acids is 2. The first kappa shape index (κ1) is 16.6. The van der Waals surface area contributed by atoms with Crippen LogP contribution in [-0.2, 0) is 9.59 Å². The lowest BCUT2D eigenvalue weighted by Gasteiger charge is -2.09. The molecule has 0 aromatic heterocycles. The number of nitriles is 1. The minimum Gasteiger partial charge on any atom is -0.318 e. The first-order valence-corrected chi connectivity index (χ1v) is 7.67. The van der Waals surface area contributed by atoms with Crippen molar-refractivity contribution >= 4 is 35.0 Å². The van der Waals surface area contributed by atoms with E-state index >= 15 is 0 Å². The summed E-state index contributed by atoms with van der Waals surface area (Å²) in [5, 5.41) is 15.7. The highest BCUT2D eigenvalue weighted by Gasteiger charge is 2.15. The van der Waals surface area contributed by atoms with Crippen molar-refractivity contribution in [2.45, 2.75) is 18.7 Å². The van der Waals surface area contributed by atoms with Crippen molar-refractivity contribution < 1.29 is 9.59 Å². The molecular weight excluding hydrogens is 310 g/mol. The minimum atomic E-state index is -0.745. The fraction of sp³-hybridized carbons (Fsp3) is 0.118. The van der Waals surface area contributed by atoms with Crippen LogP contribution < -0.4 is 10.6 Å². The molecule has 5 nitrogen and oxygen atoms in total. The van der Waals surface area contributed by atoms with E-state index in [1.165, 1.54) is 0 Å². The maximum Gasteiger partial charge on any atom is 0.314 e. The normalized spacial score (nSPS) is 9.78. The van der Waals surface area contributed by atoms with Gasteiger partial charge in [-0.3, -0.25) is 9.59 Å². The van der Waals surface area contributed by atoms with Gasteiger partial charge in [-0.05, 0) is 61.5 Å². The van der Waals surface area contributed by atoms with Crippen LogP contribution in [0.3, 0.4) is 0 Å². The molecule has 6 heteroatoms. The number of amides is 2. The van der Waals surface area contributed by atoms with E-state index in [0.717, 1.165) is 27.8 Å². The van der Waals surface area contributed by atoms with Crippen LogP contribution in [0.1, 0.15) is 11.1 Å². The van der Waals surface area contributed by atoms with Gasteiger partial charge < -0.3 is 10.6 Å². The van der Waals surface area contributed by atoms with E-state index in [-0.39, 0.29) is 0 Å². The first-order valence-electron chi connectivity index (χ1n) is 6.85. The number of nitrogens with zero attached hydrogens (tertiary/aromatic N) is 1. The maximum atomic E-state index is 12.0. The second-order valence-electron chi connectivity index (χ2n) is 4.94. The van der Waals surface area contributed by atoms with Crippen molar-refractivity contribution in [1.82, 2.24) is 0 Å². The summed E-state index contributed by atoms with van der Waals surface area (Å²) in [5.41, 5.74) is 3.08. The van der Waals surface area contributed by atoms with Gasteiger partial charge in [0.25, 0.3) is 0 Å². The predicted octanol–water partition coefficient (Wildman–Crippen LogP) is 3.45. The Balaban J connectivity index is 1.99. The van der Waals surface area contributed by atoms with Crippen molar-refractivity contribution in [2.75, 3.05) is 10.6 Å². The maximum absolute atomic E-state index is 12.0. The highest BCUT2D eigenvalue weighted by Crippen LogP contribution is 2.19. The van der Waals surface area contributed by atoms with E-state index < -0.39 is 11.8 Å². The van der Waals surface area contributed by atoms with Crippen LogP contribution in [-0.4, -0.2) is 11.8 Å². The fourth-order valence-electron chi connectivity index (χ4n) is 1.98. The molecule has 2 aromatic carbocycles. The number of nitrogens with one attached hydrogen (secondary N) is 2. The summed E-state index contributed by atoms with van der Waals surface area (Å²) in [7, 11) is 0. The molecule has 0 heterocycles. The van der Waals surface area contributed by atoms with Gasteiger partial charge in [0.2, 0.25) is 0 Å². The molecule has 116 valence electrons. The Bertz CT molecular complexity index is 779. The molecule has 2 amide bonds. The highest BCUT2D eigenvalue weighted by atomic mass is 32.2. The second kappa shape index (κ2) is 7.47. The third kappa shape index (κ3) is 4.59. The lowest BCUT2D eigenvalue weighted by atomic mass is 10.1. The molecule has 0 saturated carbocycles. The van der Waals surface area contributed by atoms with Crippen LogP contribution in [0, 0.1) is 24.5 Å². The largest absolute Gasteiger partial charge is 0.318 e. The Morgan fingerprint density at radius 2 is 1.65 bits per heavy atom. The number of benzene rings is 2. The smallest absolute Gasteiger partial charge is 0.314 e. The summed E-state index contributed by atoms with van der Waals surface area (Å²) in [6.07, 6.45) is 0. The van der Waals surface area contributed by atoms with Crippen molar-refractivity contribution in [3.63, 3.8) is 0 Å². The molecular formula is C17H15N3O2S. The number of aryl methyl sites for hydroxylation is 2. The molecule has 0 aliphatic heterocycles. The van der Waals surface area contributed by atoms with Crippen LogP contribution in [0.15, 0.2) is 47.4 Å². The van der Waals surface area contributed by atoms with Crippen molar-refractivity contribution in [2.24, 2.45) is 0 Å². The van der Waals surface area contributed by atoms with Gasteiger partial charge in [0.05, 0.1) is 0 Å².